The van der Waals surface area contributed by atoms with Gasteiger partial charge in [0.05, 0.1) is 10.3 Å². The van der Waals surface area contributed by atoms with Gasteiger partial charge >= 0.3 is 6.18 Å². The number of halogens is 4. The zero-order valence-electron chi connectivity index (χ0n) is 24.3. The van der Waals surface area contributed by atoms with Gasteiger partial charge in [-0.3, -0.25) is 19.1 Å². The Kier molecular flexibility index (Phi) is 8.14. The third-order valence-corrected chi connectivity index (χ3v) is 10.9. The molecule has 3 aliphatic rings. The molecule has 3 N–H and O–H groups in total. The maximum Gasteiger partial charge on any atom is 0.419 e. The van der Waals surface area contributed by atoms with E-state index in [9.17, 15) is 40.4 Å². The third kappa shape index (κ3) is 6.09. The van der Waals surface area contributed by atoms with Crippen LogP contribution in [0.1, 0.15) is 78.7 Å². The van der Waals surface area contributed by atoms with E-state index < -0.39 is 73.1 Å². The van der Waals surface area contributed by atoms with Crippen molar-refractivity contribution in [2.45, 2.75) is 102 Å². The van der Waals surface area contributed by atoms with E-state index in [1.165, 1.54) is 4.90 Å². The molecule has 4 atom stereocenters. The normalized spacial score (nSPS) is 25.9. The second-order valence-electron chi connectivity index (χ2n) is 13.0. The summed E-state index contributed by atoms with van der Waals surface area (Å²) in [7, 11) is -3.93. The van der Waals surface area contributed by atoms with E-state index in [1.54, 1.807) is 27.7 Å². The number of likely N-dealkylation sites (tertiary alicyclic amines) is 1. The molecule has 14 heteroatoms. The number of nitrogens with one attached hydrogen (secondary N) is 3. The standard InChI is InChI=1S/C28H38F4N4O5S/c1-6-16-15-27(16,24(39)35-42(40,41)26(5)11-12-26)34-22(37)20-8-7-13-36(20)23(38)21(25(2,3)4)33-17-9-10-19(29)18(14-17)28(30,31)32/h9-10,14,16,20-21,33H,6-8,11-13,15H2,1-5H3,(H,34,37)(H,35,39)/t16?,20?,21-,27-/m1/s1. The Labute approximate surface area is 243 Å². The van der Waals surface area contributed by atoms with E-state index in [-0.39, 0.29) is 31.0 Å². The van der Waals surface area contributed by atoms with Gasteiger partial charge in [0.2, 0.25) is 21.8 Å². The fraction of sp³-hybridized carbons (Fsp3) is 0.679. The lowest BCUT2D eigenvalue weighted by atomic mass is 9.85. The molecule has 0 aromatic heterocycles. The fourth-order valence-electron chi connectivity index (χ4n) is 5.51. The van der Waals surface area contributed by atoms with E-state index in [2.05, 4.69) is 15.4 Å². The average molecular weight is 619 g/mol. The summed E-state index contributed by atoms with van der Waals surface area (Å²) in [6, 6.07) is 0.342. The number of hydrogen-bond acceptors (Lipinski definition) is 6. The van der Waals surface area contributed by atoms with E-state index in [0.717, 1.165) is 6.07 Å². The van der Waals surface area contributed by atoms with Crippen LogP contribution in [0.5, 0.6) is 0 Å². The predicted molar refractivity (Wildman–Crippen MR) is 147 cm³/mol. The van der Waals surface area contributed by atoms with Crippen LogP contribution in [-0.2, 0) is 30.6 Å². The molecule has 1 saturated heterocycles. The van der Waals surface area contributed by atoms with Crippen LogP contribution in [0.25, 0.3) is 0 Å². The molecule has 0 spiro atoms. The zero-order chi connectivity index (χ0) is 31.5. The summed E-state index contributed by atoms with van der Waals surface area (Å²) < 4.78 is 80.3. The van der Waals surface area contributed by atoms with Crippen molar-refractivity contribution >= 4 is 33.4 Å². The molecule has 1 aliphatic heterocycles. The first kappa shape index (κ1) is 32.0. The van der Waals surface area contributed by atoms with E-state index in [0.29, 0.717) is 37.8 Å². The summed E-state index contributed by atoms with van der Waals surface area (Å²) in [5.41, 5.74) is -3.82. The highest BCUT2D eigenvalue weighted by atomic mass is 32.2. The summed E-state index contributed by atoms with van der Waals surface area (Å²) in [5.74, 6) is -3.65. The minimum Gasteiger partial charge on any atom is -0.373 e. The topological polar surface area (TPSA) is 125 Å². The smallest absolute Gasteiger partial charge is 0.373 e. The third-order valence-electron chi connectivity index (χ3n) is 8.71. The van der Waals surface area contributed by atoms with Crippen molar-refractivity contribution in [3.8, 4) is 0 Å². The first-order valence-electron chi connectivity index (χ1n) is 14.1. The number of carbonyl (C=O) groups is 3. The molecule has 2 saturated carbocycles. The van der Waals surface area contributed by atoms with Crippen LogP contribution in [0.4, 0.5) is 23.2 Å². The summed E-state index contributed by atoms with van der Waals surface area (Å²) in [6.45, 7) is 8.70. The van der Waals surface area contributed by atoms with Gasteiger partial charge in [-0.1, -0.05) is 34.1 Å². The van der Waals surface area contributed by atoms with Crippen LogP contribution in [0.2, 0.25) is 0 Å². The van der Waals surface area contributed by atoms with Gasteiger partial charge in [0.1, 0.15) is 23.4 Å². The highest BCUT2D eigenvalue weighted by Gasteiger charge is 2.63. The molecule has 0 bridgehead atoms. The van der Waals surface area contributed by atoms with Crippen LogP contribution >= 0.6 is 0 Å². The van der Waals surface area contributed by atoms with Crippen molar-refractivity contribution in [2.24, 2.45) is 11.3 Å². The zero-order valence-corrected chi connectivity index (χ0v) is 25.1. The number of rotatable bonds is 9. The summed E-state index contributed by atoms with van der Waals surface area (Å²) >= 11 is 0. The number of benzene rings is 1. The van der Waals surface area contributed by atoms with Crippen molar-refractivity contribution in [3.63, 3.8) is 0 Å². The van der Waals surface area contributed by atoms with Crippen LogP contribution in [0.3, 0.4) is 0 Å². The van der Waals surface area contributed by atoms with Gasteiger partial charge in [0, 0.05) is 12.2 Å². The minimum absolute atomic E-state index is 0.109. The van der Waals surface area contributed by atoms with Crippen molar-refractivity contribution in [1.29, 1.82) is 0 Å². The molecule has 2 unspecified atom stereocenters. The predicted octanol–water partition coefficient (Wildman–Crippen LogP) is 3.95. The van der Waals surface area contributed by atoms with Crippen LogP contribution in [-0.4, -0.2) is 60.0 Å². The van der Waals surface area contributed by atoms with Crippen molar-refractivity contribution in [3.05, 3.63) is 29.6 Å². The Hall–Kier alpha value is -2.90. The molecular formula is C28H38F4N4O5S. The largest absolute Gasteiger partial charge is 0.419 e. The van der Waals surface area contributed by atoms with Gasteiger partial charge in [-0.05, 0) is 68.6 Å². The van der Waals surface area contributed by atoms with Gasteiger partial charge in [-0.2, -0.15) is 13.2 Å². The van der Waals surface area contributed by atoms with Gasteiger partial charge in [0.25, 0.3) is 5.91 Å². The molecule has 1 aromatic carbocycles. The molecule has 42 heavy (non-hydrogen) atoms. The highest BCUT2D eigenvalue weighted by Crippen LogP contribution is 2.48. The van der Waals surface area contributed by atoms with Crippen molar-refractivity contribution in [1.82, 2.24) is 14.9 Å². The van der Waals surface area contributed by atoms with Crippen LogP contribution in [0, 0.1) is 17.2 Å². The van der Waals surface area contributed by atoms with Crippen LogP contribution < -0.4 is 15.4 Å². The summed E-state index contributed by atoms with van der Waals surface area (Å²) in [4.78, 5) is 41.9. The van der Waals surface area contributed by atoms with E-state index >= 15 is 0 Å². The molecule has 3 fully saturated rings. The lowest BCUT2D eigenvalue weighted by molar-refractivity contribution is -0.141. The molecule has 1 aromatic rings. The number of nitrogens with zero attached hydrogens (tertiary/aromatic N) is 1. The number of hydrogen-bond donors (Lipinski definition) is 3. The number of amides is 3. The molecule has 3 amide bonds. The molecule has 1 heterocycles. The maximum atomic E-state index is 13.9. The Balaban J connectivity index is 1.53. The molecular weight excluding hydrogens is 580 g/mol. The fourth-order valence-corrected chi connectivity index (χ4v) is 6.82. The lowest BCUT2D eigenvalue weighted by Crippen LogP contribution is -2.59. The van der Waals surface area contributed by atoms with Crippen molar-refractivity contribution < 1.29 is 40.4 Å². The monoisotopic (exact) mass is 618 g/mol. The Morgan fingerprint density at radius 1 is 1.14 bits per heavy atom. The Bertz CT molecular complexity index is 1370. The average Bonchev–Trinajstić information content (AvgIpc) is 3.74. The highest BCUT2D eigenvalue weighted by molar-refractivity contribution is 7.91. The lowest BCUT2D eigenvalue weighted by Gasteiger charge is -2.36. The Morgan fingerprint density at radius 2 is 1.79 bits per heavy atom. The second kappa shape index (κ2) is 10.7. The number of alkyl halides is 3. The molecule has 2 aliphatic carbocycles. The number of anilines is 1. The minimum atomic E-state index is -4.93. The van der Waals surface area contributed by atoms with E-state index in [1.807, 2.05) is 6.92 Å². The quantitative estimate of drug-likeness (QED) is 0.360. The van der Waals surface area contributed by atoms with Gasteiger partial charge < -0.3 is 15.5 Å². The van der Waals surface area contributed by atoms with Gasteiger partial charge in [-0.15, -0.1) is 0 Å². The van der Waals surface area contributed by atoms with Crippen molar-refractivity contribution in [2.75, 3.05) is 11.9 Å². The Morgan fingerprint density at radius 3 is 2.31 bits per heavy atom. The number of sulfonamides is 1. The van der Waals surface area contributed by atoms with Gasteiger partial charge in [-0.25, -0.2) is 12.8 Å². The summed E-state index contributed by atoms with van der Waals surface area (Å²) in [6.07, 6.45) is -2.53. The first-order valence-corrected chi connectivity index (χ1v) is 15.6. The summed E-state index contributed by atoms with van der Waals surface area (Å²) in [5, 5.41) is 5.57. The molecule has 234 valence electrons. The first-order chi connectivity index (χ1) is 19.3. The maximum absolute atomic E-state index is 13.9. The number of carbonyl (C=O) groups excluding carboxylic acids is 3. The molecule has 9 nitrogen and oxygen atoms in total. The SMILES string of the molecule is CCC1C[C@]1(NC(=O)C1CCCN1C(=O)[C@@H](Nc1ccc(F)c(C(F)(F)F)c1)C(C)(C)C)C(=O)NS(=O)(=O)C1(C)CC1. The van der Waals surface area contributed by atoms with Crippen LogP contribution in [0.15, 0.2) is 18.2 Å². The molecule has 4 rings (SSSR count). The second-order valence-corrected chi connectivity index (χ2v) is 15.2. The van der Waals surface area contributed by atoms with Gasteiger partial charge in [0.15, 0.2) is 0 Å². The van der Waals surface area contributed by atoms with E-state index in [4.69, 9.17) is 0 Å². The molecule has 0 radical (unpaired) electrons.